The van der Waals surface area contributed by atoms with Crippen LogP contribution in [0.2, 0.25) is 0 Å². The van der Waals surface area contributed by atoms with Crippen LogP contribution in [0.4, 0.5) is 4.79 Å². The number of carbonyl (C=O) groups excluding carboxylic acids is 2. The maximum atomic E-state index is 12.4. The van der Waals surface area contributed by atoms with Gasteiger partial charge in [0.05, 0.1) is 30.5 Å². The van der Waals surface area contributed by atoms with Gasteiger partial charge >= 0.3 is 6.03 Å². The van der Waals surface area contributed by atoms with Gasteiger partial charge in [-0.15, -0.1) is 0 Å². The summed E-state index contributed by atoms with van der Waals surface area (Å²) in [6, 6.07) is 2.24. The minimum Gasteiger partial charge on any atom is -0.493 e. The molecule has 1 aliphatic rings. The quantitative estimate of drug-likeness (QED) is 0.475. The highest BCUT2D eigenvalue weighted by molar-refractivity contribution is 6.04. The molecule has 9 nitrogen and oxygen atoms in total. The van der Waals surface area contributed by atoms with Gasteiger partial charge < -0.3 is 19.9 Å². The van der Waals surface area contributed by atoms with Crippen LogP contribution >= 0.6 is 0 Å². The predicted octanol–water partition coefficient (Wildman–Crippen LogP) is 2.05. The van der Waals surface area contributed by atoms with Gasteiger partial charge in [-0.05, 0) is 32.8 Å². The van der Waals surface area contributed by atoms with Gasteiger partial charge in [0.25, 0.3) is 5.91 Å². The number of rotatable bonds is 9. The molecule has 1 aliphatic heterocycles. The van der Waals surface area contributed by atoms with E-state index in [0.717, 1.165) is 34.3 Å². The molecule has 1 unspecified atom stereocenters. The maximum Gasteiger partial charge on any atom is 0.324 e. The molecule has 1 aromatic heterocycles. The fourth-order valence-electron chi connectivity index (χ4n) is 3.44. The average Bonchev–Trinajstić information content (AvgIpc) is 2.99. The third kappa shape index (κ3) is 4.46. The van der Waals surface area contributed by atoms with Crippen molar-refractivity contribution in [1.82, 2.24) is 20.2 Å². The number of benzene rings is 1. The van der Waals surface area contributed by atoms with E-state index < -0.39 is 23.6 Å². The number of nitrogens with one attached hydrogen (secondary N) is 1. The number of carbonyl (C=O) groups is 2. The first-order valence-corrected chi connectivity index (χ1v) is 10.0. The summed E-state index contributed by atoms with van der Waals surface area (Å²) >= 11 is 0. The van der Waals surface area contributed by atoms with E-state index >= 15 is 0 Å². The lowest BCUT2D eigenvalue weighted by Gasteiger charge is -2.23. The largest absolute Gasteiger partial charge is 0.493 e. The molecule has 0 spiro atoms. The van der Waals surface area contributed by atoms with Crippen molar-refractivity contribution in [2.75, 3.05) is 20.3 Å². The number of hydrogen-bond donors (Lipinski definition) is 2. The monoisotopic (exact) mass is 416 g/mol. The number of urea groups is 1. The van der Waals surface area contributed by atoms with Crippen molar-refractivity contribution in [2.45, 2.75) is 51.7 Å². The number of ether oxygens (including phenoxy) is 2. The lowest BCUT2D eigenvalue weighted by molar-refractivity contribution is -0.132. The molecule has 3 rings (SSSR count). The smallest absolute Gasteiger partial charge is 0.324 e. The molecule has 1 atom stereocenters. The van der Waals surface area contributed by atoms with Crippen molar-refractivity contribution < 1.29 is 24.2 Å². The van der Waals surface area contributed by atoms with E-state index in [4.69, 9.17) is 9.47 Å². The third-order valence-corrected chi connectivity index (χ3v) is 5.01. The topological polar surface area (TPSA) is 114 Å². The van der Waals surface area contributed by atoms with Gasteiger partial charge in [-0.1, -0.05) is 13.3 Å². The zero-order chi connectivity index (χ0) is 21.9. The molecule has 2 heterocycles. The van der Waals surface area contributed by atoms with Crippen molar-refractivity contribution >= 4 is 22.8 Å². The van der Waals surface area contributed by atoms with Crippen molar-refractivity contribution in [3.63, 3.8) is 0 Å². The number of imide groups is 1. The molecule has 9 heteroatoms. The number of aryl methyl sites for hydroxylation is 1. The number of fused-ring (bicyclic) bond motifs is 1. The van der Waals surface area contributed by atoms with Crippen LogP contribution < -0.4 is 14.8 Å². The molecular formula is C21H28N4O5. The van der Waals surface area contributed by atoms with E-state index in [9.17, 15) is 14.7 Å². The summed E-state index contributed by atoms with van der Waals surface area (Å²) in [6.07, 6.45) is 3.80. The predicted molar refractivity (Wildman–Crippen MR) is 111 cm³/mol. The van der Waals surface area contributed by atoms with Crippen molar-refractivity contribution in [3.05, 3.63) is 24.2 Å². The number of hydrogen-bond acceptors (Lipinski definition) is 7. The van der Waals surface area contributed by atoms with Gasteiger partial charge in [0, 0.05) is 18.0 Å². The number of amides is 3. The van der Waals surface area contributed by atoms with E-state index in [2.05, 4.69) is 22.2 Å². The Labute approximate surface area is 175 Å². The summed E-state index contributed by atoms with van der Waals surface area (Å²) in [5, 5.41) is 13.5. The van der Waals surface area contributed by atoms with E-state index in [0.29, 0.717) is 17.9 Å². The highest BCUT2D eigenvalue weighted by Gasteiger charge is 2.45. The average molecular weight is 416 g/mol. The van der Waals surface area contributed by atoms with Crippen LogP contribution in [0.15, 0.2) is 18.5 Å². The Balaban J connectivity index is 1.65. The Kier molecular flexibility index (Phi) is 6.40. The van der Waals surface area contributed by atoms with E-state index in [1.165, 1.54) is 13.8 Å². The molecule has 0 bridgehead atoms. The zero-order valence-electron chi connectivity index (χ0n) is 17.8. The Morgan fingerprint density at radius 1 is 1.23 bits per heavy atom. The minimum absolute atomic E-state index is 0.190. The fraction of sp³-hybridized carbons (Fsp3) is 0.524. The Morgan fingerprint density at radius 3 is 2.63 bits per heavy atom. The molecule has 0 aliphatic carbocycles. The molecule has 2 N–H and O–H groups in total. The molecule has 0 radical (unpaired) electrons. The summed E-state index contributed by atoms with van der Waals surface area (Å²) in [4.78, 5) is 34.2. The van der Waals surface area contributed by atoms with Gasteiger partial charge in [-0.3, -0.25) is 9.69 Å². The second kappa shape index (κ2) is 8.83. The number of aliphatic hydroxyl groups is 1. The molecule has 1 fully saturated rings. The van der Waals surface area contributed by atoms with Crippen LogP contribution in [-0.2, 0) is 11.2 Å². The molecule has 1 saturated heterocycles. The van der Waals surface area contributed by atoms with Crippen LogP contribution in [0.3, 0.4) is 0 Å². The van der Waals surface area contributed by atoms with Crippen molar-refractivity contribution in [2.24, 2.45) is 0 Å². The van der Waals surface area contributed by atoms with Gasteiger partial charge in [0.15, 0.2) is 11.5 Å². The van der Waals surface area contributed by atoms with Crippen molar-refractivity contribution in [1.29, 1.82) is 0 Å². The second-order valence-corrected chi connectivity index (χ2v) is 7.82. The highest BCUT2D eigenvalue weighted by Crippen LogP contribution is 2.33. The Hall–Kier alpha value is -2.94. The summed E-state index contributed by atoms with van der Waals surface area (Å²) in [7, 11) is 1.57. The van der Waals surface area contributed by atoms with E-state index in [1.807, 2.05) is 12.1 Å². The summed E-state index contributed by atoms with van der Waals surface area (Å²) in [5.41, 5.74) is 0.410. The minimum atomic E-state index is -1.32. The number of nitrogens with zero attached hydrogens (tertiary/aromatic N) is 3. The number of methoxy groups -OCH3 is 1. The van der Waals surface area contributed by atoms with Gasteiger partial charge in [0.2, 0.25) is 0 Å². The summed E-state index contributed by atoms with van der Waals surface area (Å²) in [6.45, 7) is 5.54. The standard InChI is InChI=1S/C21H28N4O5/c1-5-7-14-13-10-16(29-4)17(11-15(13)23-12-22-14)30-9-6-8-25-19(26)18(21(2,3)28)24-20(25)27/h10-12,18,28H,5-9H2,1-4H3,(H,24,27). The second-order valence-electron chi connectivity index (χ2n) is 7.82. The normalized spacial score (nSPS) is 16.8. The molecule has 2 aromatic rings. The Bertz CT molecular complexity index is 941. The SMILES string of the molecule is CCCc1ncnc2cc(OCCCN3C(=O)NC(C(C)(C)O)C3=O)c(OC)cc12. The highest BCUT2D eigenvalue weighted by atomic mass is 16.5. The van der Waals surface area contributed by atoms with Crippen molar-refractivity contribution in [3.8, 4) is 11.5 Å². The van der Waals surface area contributed by atoms with Crippen LogP contribution in [-0.4, -0.2) is 63.8 Å². The third-order valence-electron chi connectivity index (χ3n) is 5.01. The van der Waals surface area contributed by atoms with E-state index in [-0.39, 0.29) is 13.2 Å². The zero-order valence-corrected chi connectivity index (χ0v) is 17.8. The molecule has 3 amide bonds. The molecular weight excluding hydrogens is 388 g/mol. The lowest BCUT2D eigenvalue weighted by atomic mass is 9.99. The van der Waals surface area contributed by atoms with Crippen LogP contribution in [0, 0.1) is 0 Å². The van der Waals surface area contributed by atoms with Crippen LogP contribution in [0.1, 0.15) is 39.3 Å². The molecule has 0 saturated carbocycles. The first-order valence-electron chi connectivity index (χ1n) is 10.0. The first-order chi connectivity index (χ1) is 14.3. The van der Waals surface area contributed by atoms with Gasteiger partial charge in [0.1, 0.15) is 12.4 Å². The van der Waals surface area contributed by atoms with E-state index in [1.54, 1.807) is 13.4 Å². The molecule has 30 heavy (non-hydrogen) atoms. The molecule has 162 valence electrons. The van der Waals surface area contributed by atoms with Gasteiger partial charge in [-0.2, -0.15) is 0 Å². The Morgan fingerprint density at radius 2 is 2.00 bits per heavy atom. The lowest BCUT2D eigenvalue weighted by Crippen LogP contribution is -2.48. The summed E-state index contributed by atoms with van der Waals surface area (Å²) < 4.78 is 11.3. The maximum absolute atomic E-state index is 12.4. The van der Waals surface area contributed by atoms with Crippen LogP contribution in [0.5, 0.6) is 11.5 Å². The van der Waals surface area contributed by atoms with Gasteiger partial charge in [-0.25, -0.2) is 14.8 Å². The summed E-state index contributed by atoms with van der Waals surface area (Å²) in [5.74, 6) is 0.681. The number of aromatic nitrogens is 2. The molecule has 1 aromatic carbocycles. The first kappa shape index (κ1) is 21.8. The van der Waals surface area contributed by atoms with Crippen LogP contribution in [0.25, 0.3) is 10.9 Å². The fourth-order valence-corrected chi connectivity index (χ4v) is 3.44.